The number of rotatable bonds is 11. The SMILES string of the molecule is C.Clc1cccc2c1C(Br)CCC2.[C-]#[N+]C[C@@H]1CCCN(c2nc(OC[C@@H]3CCCN3C)nc3c2CN(C2CCCc4cccc(Cl)c42)C3)C1.[C-]#[N+]C[C@@H]1CCCN(c2nc(OC[C@@H]3CCCN3C)nc3c2CNC3)C1. The third-order valence-corrected chi connectivity index (χ3v) is 18.7. The van der Waals surface area contributed by atoms with Crippen LogP contribution in [-0.4, -0.2) is 126 Å². The number of aryl methyl sites for hydroxylation is 2. The van der Waals surface area contributed by atoms with Crippen molar-refractivity contribution in [1.82, 2.24) is 40.0 Å². The topological polar surface area (TPSA) is 107 Å². The third-order valence-electron chi connectivity index (χ3n) is 17.1. The fraction of sp³-hybridized carbons (Fsp3) is 0.627. The zero-order valence-electron chi connectivity index (χ0n) is 44.1. The van der Waals surface area contributed by atoms with Crippen LogP contribution in [-0.2, 0) is 39.0 Å². The Morgan fingerprint density at radius 3 is 1.74 bits per heavy atom. The molecule has 14 nitrogen and oxygen atoms in total. The van der Waals surface area contributed by atoms with E-state index in [4.69, 9.17) is 60.8 Å². The van der Waals surface area contributed by atoms with Gasteiger partial charge in [-0.2, -0.15) is 19.9 Å². The van der Waals surface area contributed by atoms with Gasteiger partial charge in [0.05, 0.1) is 11.4 Å². The maximum Gasteiger partial charge on any atom is 0.318 e. The molecule has 4 fully saturated rings. The van der Waals surface area contributed by atoms with Crippen molar-refractivity contribution >= 4 is 50.8 Å². The molecular weight excluding hydrogens is 1060 g/mol. The third kappa shape index (κ3) is 13.2. The summed E-state index contributed by atoms with van der Waals surface area (Å²) in [7, 11) is 4.33. The van der Waals surface area contributed by atoms with Gasteiger partial charge in [-0.15, -0.1) is 0 Å². The van der Waals surface area contributed by atoms with E-state index in [0.29, 0.717) is 73.1 Å². The minimum atomic E-state index is 0. The first-order valence-corrected chi connectivity index (χ1v) is 29.6. The van der Waals surface area contributed by atoms with Gasteiger partial charge in [-0.25, -0.2) is 13.1 Å². The Hall–Kier alpha value is -4.32. The van der Waals surface area contributed by atoms with Crippen LogP contribution in [0.2, 0.25) is 10.0 Å². The standard InChI is InChI=1S/C29H37ClN6O.C19H28N6O.C10H10BrCl.CH4/c1-31-15-20-7-5-14-35(16-20)28-23-17-36(26-12-4-9-21-8-3-11-24(30)27(21)26)18-25(23)32-29(33-28)37-19-22-10-6-13-34(22)2;1-20-9-14-5-3-8-25(12-14)18-16-10-21-11-17(16)22-19(23-18)26-13-15-6-4-7-24(15)2;11-8-5-1-3-7-4-2-6-9(12)10(7)8;/h3,8,11,20,22,26H,4-7,9-10,12-19H2,2H3;14-15,21H,3-13H2,2H3;2,4,6,8H,1,3,5H2;1H4/t20-,22-,26?;14-,15-;;/m00../s1. The van der Waals surface area contributed by atoms with E-state index in [-0.39, 0.29) is 7.43 Å². The fourth-order valence-corrected chi connectivity index (χ4v) is 14.6. The normalized spacial score (nSPS) is 25.0. The zero-order valence-corrected chi connectivity index (χ0v) is 47.2. The van der Waals surface area contributed by atoms with E-state index in [2.05, 4.69) is 92.7 Å². The van der Waals surface area contributed by atoms with Gasteiger partial charge < -0.3 is 44.1 Å². The highest BCUT2D eigenvalue weighted by Crippen LogP contribution is 2.44. The van der Waals surface area contributed by atoms with Crippen molar-refractivity contribution in [3.8, 4) is 12.0 Å². The predicted molar refractivity (Wildman–Crippen MR) is 309 cm³/mol. The second-order valence-corrected chi connectivity index (χ2v) is 24.1. The molecule has 4 saturated heterocycles. The van der Waals surface area contributed by atoms with Crippen molar-refractivity contribution in [2.45, 2.75) is 146 Å². The molecule has 2 unspecified atom stereocenters. The van der Waals surface area contributed by atoms with Gasteiger partial charge >= 0.3 is 12.0 Å². The lowest BCUT2D eigenvalue weighted by Gasteiger charge is -2.34. The number of aromatic nitrogens is 4. The summed E-state index contributed by atoms with van der Waals surface area (Å²) in [5.74, 6) is 2.88. The van der Waals surface area contributed by atoms with E-state index in [1.54, 1.807) is 0 Å². The summed E-state index contributed by atoms with van der Waals surface area (Å²) in [6, 6.07) is 14.7. The van der Waals surface area contributed by atoms with Crippen LogP contribution in [0, 0.1) is 25.0 Å². The Labute approximate surface area is 471 Å². The van der Waals surface area contributed by atoms with Gasteiger partial charge in [-0.05, 0) is 151 Å². The van der Waals surface area contributed by atoms with E-state index in [1.165, 1.54) is 78.3 Å². The summed E-state index contributed by atoms with van der Waals surface area (Å²) in [6.45, 7) is 26.3. The highest BCUT2D eigenvalue weighted by atomic mass is 79.9. The molecule has 0 bridgehead atoms. The average molecular weight is 1140 g/mol. The number of likely N-dealkylation sites (N-methyl/N-ethyl adjacent to an activating group) is 2. The molecule has 6 aliphatic heterocycles. The van der Waals surface area contributed by atoms with Crippen LogP contribution in [0.25, 0.3) is 9.69 Å². The minimum absolute atomic E-state index is 0. The van der Waals surface area contributed by atoms with Gasteiger partial charge in [0, 0.05) is 108 Å². The molecule has 76 heavy (non-hydrogen) atoms. The van der Waals surface area contributed by atoms with Crippen LogP contribution in [0.3, 0.4) is 0 Å². The molecule has 8 heterocycles. The van der Waals surface area contributed by atoms with E-state index < -0.39 is 0 Å². The number of piperidine rings is 2. The predicted octanol–water partition coefficient (Wildman–Crippen LogP) is 11.6. The van der Waals surface area contributed by atoms with Crippen molar-refractivity contribution in [2.24, 2.45) is 11.8 Å². The first-order valence-electron chi connectivity index (χ1n) is 27.9. The number of ether oxygens (including phenoxy) is 2. The molecule has 12 rings (SSSR count). The molecule has 0 amide bonds. The van der Waals surface area contributed by atoms with Crippen molar-refractivity contribution in [2.75, 3.05) is 89.5 Å². The second kappa shape index (κ2) is 26.6. The van der Waals surface area contributed by atoms with Gasteiger partial charge in [0.1, 0.15) is 24.8 Å². The molecule has 408 valence electrons. The molecule has 2 aliphatic carbocycles. The summed E-state index contributed by atoms with van der Waals surface area (Å²) in [4.78, 5) is 39.3. The zero-order chi connectivity index (χ0) is 51.8. The number of halogens is 3. The molecule has 0 spiro atoms. The highest BCUT2D eigenvalue weighted by molar-refractivity contribution is 9.09. The Kier molecular flexibility index (Phi) is 19.7. The molecule has 6 atom stereocenters. The van der Waals surface area contributed by atoms with Crippen molar-refractivity contribution in [3.63, 3.8) is 0 Å². The van der Waals surface area contributed by atoms with Crippen molar-refractivity contribution < 1.29 is 9.47 Å². The lowest BCUT2D eigenvalue weighted by Crippen LogP contribution is -2.38. The second-order valence-electron chi connectivity index (χ2n) is 22.2. The Morgan fingerprint density at radius 2 is 1.17 bits per heavy atom. The summed E-state index contributed by atoms with van der Waals surface area (Å²) >= 11 is 16.5. The van der Waals surface area contributed by atoms with E-state index in [0.717, 1.165) is 143 Å². The van der Waals surface area contributed by atoms with Crippen LogP contribution in [0.15, 0.2) is 36.4 Å². The number of nitrogens with zero attached hydrogens (tertiary/aromatic N) is 11. The summed E-state index contributed by atoms with van der Waals surface area (Å²) in [6.07, 6.45) is 16.3. The van der Waals surface area contributed by atoms with Crippen LogP contribution in [0.4, 0.5) is 11.6 Å². The summed E-state index contributed by atoms with van der Waals surface area (Å²) in [5.41, 5.74) is 10.00. The van der Waals surface area contributed by atoms with Crippen LogP contribution >= 0.6 is 39.1 Å². The highest BCUT2D eigenvalue weighted by Gasteiger charge is 2.37. The Balaban J connectivity index is 0.000000156. The number of fused-ring (bicyclic) bond motifs is 4. The maximum atomic E-state index is 7.38. The minimum Gasteiger partial charge on any atom is -0.462 e. The number of anilines is 2. The van der Waals surface area contributed by atoms with Crippen LogP contribution in [0.1, 0.15) is 140 Å². The van der Waals surface area contributed by atoms with Crippen LogP contribution in [0.5, 0.6) is 12.0 Å². The molecular formula is C59H79BrCl2N12O2. The molecule has 2 aromatic carbocycles. The molecule has 2 aromatic heterocycles. The lowest BCUT2D eigenvalue weighted by atomic mass is 9.87. The van der Waals surface area contributed by atoms with Crippen molar-refractivity contribution in [1.29, 1.82) is 0 Å². The Morgan fingerprint density at radius 1 is 0.632 bits per heavy atom. The summed E-state index contributed by atoms with van der Waals surface area (Å²) < 4.78 is 12.3. The molecule has 0 saturated carbocycles. The molecule has 17 heteroatoms. The number of nitrogens with one attached hydrogen (secondary N) is 1. The summed E-state index contributed by atoms with van der Waals surface area (Å²) in [5, 5.41) is 5.19. The smallest absolute Gasteiger partial charge is 0.318 e. The number of benzene rings is 2. The first kappa shape index (κ1) is 56.4. The maximum absolute atomic E-state index is 7.38. The fourth-order valence-electron chi connectivity index (χ4n) is 13.0. The Bertz CT molecular complexity index is 2700. The van der Waals surface area contributed by atoms with Gasteiger partial charge in [-0.3, -0.25) is 4.90 Å². The van der Waals surface area contributed by atoms with Crippen LogP contribution < -0.4 is 24.6 Å². The van der Waals surface area contributed by atoms with Gasteiger partial charge in [0.2, 0.25) is 13.1 Å². The molecule has 4 aromatic rings. The number of likely N-dealkylation sites (tertiary alicyclic amines) is 2. The van der Waals surface area contributed by atoms with E-state index in [9.17, 15) is 0 Å². The molecule has 8 aliphatic rings. The first-order chi connectivity index (χ1) is 36.6. The number of hydrogen-bond acceptors (Lipinski definition) is 12. The molecule has 0 radical (unpaired) electrons. The largest absolute Gasteiger partial charge is 0.462 e. The van der Waals surface area contributed by atoms with E-state index in [1.807, 2.05) is 18.2 Å². The lowest BCUT2D eigenvalue weighted by molar-refractivity contribution is 0.178. The monoisotopic (exact) mass is 1140 g/mol. The molecule has 1 N–H and O–H groups in total. The quantitative estimate of drug-likeness (QED) is 0.114. The van der Waals surface area contributed by atoms with E-state index >= 15 is 0 Å². The van der Waals surface area contributed by atoms with Crippen molar-refractivity contribution in [3.05, 3.63) is 114 Å². The average Bonchev–Trinajstić information content (AvgIpc) is 4.28. The van der Waals surface area contributed by atoms with Gasteiger partial charge in [-0.1, -0.05) is 70.8 Å². The number of alkyl halides is 1. The van der Waals surface area contributed by atoms with Gasteiger partial charge in [0.25, 0.3) is 0 Å². The number of hydrogen-bond donors (Lipinski definition) is 1. The van der Waals surface area contributed by atoms with Gasteiger partial charge in [0.15, 0.2) is 0 Å².